The van der Waals surface area contributed by atoms with Gasteiger partial charge in [0.1, 0.15) is 11.4 Å². The largest absolute Gasteiger partial charge is 0.490 e. The van der Waals surface area contributed by atoms with Gasteiger partial charge in [-0.2, -0.15) is 0 Å². The predicted molar refractivity (Wildman–Crippen MR) is 177 cm³/mol. The van der Waals surface area contributed by atoms with E-state index in [4.69, 9.17) is 19.2 Å². The van der Waals surface area contributed by atoms with Crippen molar-refractivity contribution in [2.75, 3.05) is 18.5 Å². The minimum Gasteiger partial charge on any atom is -0.490 e. The van der Waals surface area contributed by atoms with Crippen LogP contribution in [0.25, 0.3) is 10.9 Å². The fourth-order valence-electron chi connectivity index (χ4n) is 5.34. The minimum atomic E-state index is -0.534. The number of anilines is 1. The SMILES string of the molecule is CCOc1ccc(C(=O)CCC(=O)Nc2cc(C3C=CC=CC3C)c3ccc(CCC(=O)OC(C)(C)C)cc3n2)cc1OCC. The highest BCUT2D eigenvalue weighted by molar-refractivity contribution is 6.00. The smallest absolute Gasteiger partial charge is 0.306 e. The van der Waals surface area contributed by atoms with E-state index in [2.05, 4.69) is 24.4 Å². The number of allylic oxidation sites excluding steroid dienone is 4. The van der Waals surface area contributed by atoms with Gasteiger partial charge < -0.3 is 19.5 Å². The highest BCUT2D eigenvalue weighted by atomic mass is 16.6. The zero-order chi connectivity index (χ0) is 32.6. The Morgan fingerprint density at radius 2 is 1.60 bits per heavy atom. The van der Waals surface area contributed by atoms with E-state index in [0.29, 0.717) is 42.5 Å². The van der Waals surface area contributed by atoms with Crippen LogP contribution < -0.4 is 14.8 Å². The van der Waals surface area contributed by atoms with Crippen molar-refractivity contribution in [3.8, 4) is 11.5 Å². The van der Waals surface area contributed by atoms with Crippen molar-refractivity contribution >= 4 is 34.4 Å². The Balaban J connectivity index is 1.52. The molecule has 0 fully saturated rings. The van der Waals surface area contributed by atoms with Crippen LogP contribution in [0, 0.1) is 5.92 Å². The third kappa shape index (κ3) is 9.27. The predicted octanol–water partition coefficient (Wildman–Crippen LogP) is 7.75. The monoisotopic (exact) mass is 612 g/mol. The quantitative estimate of drug-likeness (QED) is 0.155. The van der Waals surface area contributed by atoms with Crippen LogP contribution in [-0.4, -0.2) is 41.5 Å². The number of rotatable bonds is 13. The normalized spacial score (nSPS) is 16.0. The number of amides is 1. The Kier molecular flexibility index (Phi) is 11.2. The molecule has 1 amide bonds. The summed E-state index contributed by atoms with van der Waals surface area (Å²) in [6.45, 7) is 12.4. The molecular formula is C37H44N2O6. The molecule has 45 heavy (non-hydrogen) atoms. The van der Waals surface area contributed by atoms with Gasteiger partial charge in [0.15, 0.2) is 17.3 Å². The fraction of sp³-hybridized carbons (Fsp3) is 0.405. The van der Waals surface area contributed by atoms with Crippen LogP contribution in [0.2, 0.25) is 0 Å². The molecular weight excluding hydrogens is 568 g/mol. The number of pyridine rings is 1. The minimum absolute atomic E-state index is 0.00344. The summed E-state index contributed by atoms with van der Waals surface area (Å²) in [5.41, 5.74) is 2.67. The molecule has 1 aliphatic rings. The zero-order valence-electron chi connectivity index (χ0n) is 27.1. The molecule has 238 valence electrons. The van der Waals surface area contributed by atoms with Crippen molar-refractivity contribution in [2.45, 2.75) is 78.7 Å². The van der Waals surface area contributed by atoms with E-state index in [1.165, 1.54) is 0 Å². The average molecular weight is 613 g/mol. The third-order valence-corrected chi connectivity index (χ3v) is 7.43. The molecule has 3 aromatic rings. The number of carbonyl (C=O) groups is 3. The van der Waals surface area contributed by atoms with Gasteiger partial charge >= 0.3 is 5.97 Å². The number of benzene rings is 2. The highest BCUT2D eigenvalue weighted by Crippen LogP contribution is 2.36. The van der Waals surface area contributed by atoms with E-state index >= 15 is 0 Å². The van der Waals surface area contributed by atoms with E-state index in [0.717, 1.165) is 22.0 Å². The Morgan fingerprint density at radius 3 is 2.31 bits per heavy atom. The molecule has 1 aliphatic carbocycles. The summed E-state index contributed by atoms with van der Waals surface area (Å²) in [6.07, 6.45) is 9.21. The van der Waals surface area contributed by atoms with Crippen LogP contribution in [-0.2, 0) is 20.7 Å². The fourth-order valence-corrected chi connectivity index (χ4v) is 5.34. The number of esters is 1. The Hall–Kier alpha value is -4.46. The van der Waals surface area contributed by atoms with Gasteiger partial charge in [-0.25, -0.2) is 4.98 Å². The Labute approximate surface area is 265 Å². The summed E-state index contributed by atoms with van der Waals surface area (Å²) in [5.74, 6) is 1.16. The van der Waals surface area contributed by atoms with Crippen molar-refractivity contribution in [1.29, 1.82) is 0 Å². The van der Waals surface area contributed by atoms with Gasteiger partial charge in [-0.15, -0.1) is 0 Å². The van der Waals surface area contributed by atoms with Crippen LogP contribution in [0.3, 0.4) is 0 Å². The lowest BCUT2D eigenvalue weighted by Crippen LogP contribution is -2.24. The number of ether oxygens (including phenoxy) is 3. The number of hydrogen-bond acceptors (Lipinski definition) is 7. The van der Waals surface area contributed by atoms with E-state index in [1.807, 2.05) is 71.0 Å². The molecule has 0 bridgehead atoms. The van der Waals surface area contributed by atoms with E-state index in [-0.39, 0.29) is 48.8 Å². The first kappa shape index (κ1) is 33.4. The highest BCUT2D eigenvalue weighted by Gasteiger charge is 2.22. The van der Waals surface area contributed by atoms with Crippen molar-refractivity contribution < 1.29 is 28.6 Å². The van der Waals surface area contributed by atoms with Gasteiger partial charge in [-0.1, -0.05) is 43.4 Å². The molecule has 2 unspecified atom stereocenters. The van der Waals surface area contributed by atoms with Crippen molar-refractivity contribution in [3.63, 3.8) is 0 Å². The van der Waals surface area contributed by atoms with Gasteiger partial charge in [0, 0.05) is 36.1 Å². The Bertz CT molecular complexity index is 1600. The number of Topliss-reactive ketones (excluding diaryl/α,β-unsaturated/α-hetero) is 1. The van der Waals surface area contributed by atoms with E-state index in [1.54, 1.807) is 18.2 Å². The molecule has 1 N–H and O–H groups in total. The number of hydrogen-bond donors (Lipinski definition) is 1. The lowest BCUT2D eigenvalue weighted by molar-refractivity contribution is -0.154. The maximum atomic E-state index is 13.1. The first-order valence-electron chi connectivity index (χ1n) is 15.7. The number of nitrogens with one attached hydrogen (secondary N) is 1. The number of fused-ring (bicyclic) bond motifs is 1. The number of ketones is 1. The number of nitrogens with zero attached hydrogens (tertiary/aromatic N) is 1. The molecule has 1 aromatic heterocycles. The van der Waals surface area contributed by atoms with Gasteiger partial charge in [-0.05, 0) is 88.4 Å². The number of carbonyl (C=O) groups excluding carboxylic acids is 3. The standard InChI is InChI=1S/C37H44N2O6/c1-7-43-32-18-15-26(22-33(32)44-8-2)31(40)17-19-35(41)39-34-23-29(27-12-10-9-11-24(27)3)28-16-13-25(21-30(28)38-34)14-20-36(42)45-37(4,5)6/h9-13,15-16,18,21-24,27H,7-8,14,17,19-20H2,1-6H3,(H,38,39,41). The van der Waals surface area contributed by atoms with E-state index in [9.17, 15) is 14.4 Å². The van der Waals surface area contributed by atoms with Crippen LogP contribution in [0.4, 0.5) is 5.82 Å². The maximum absolute atomic E-state index is 13.1. The van der Waals surface area contributed by atoms with Crippen LogP contribution >= 0.6 is 0 Å². The second-order valence-corrected chi connectivity index (χ2v) is 12.2. The van der Waals surface area contributed by atoms with Crippen molar-refractivity contribution in [3.05, 3.63) is 83.5 Å². The number of aryl methyl sites for hydroxylation is 1. The molecule has 8 nitrogen and oxygen atoms in total. The average Bonchev–Trinajstić information content (AvgIpc) is 2.99. The summed E-state index contributed by atoms with van der Waals surface area (Å²) >= 11 is 0. The van der Waals surface area contributed by atoms with Gasteiger partial charge in [-0.3, -0.25) is 14.4 Å². The lowest BCUT2D eigenvalue weighted by Gasteiger charge is -2.23. The second-order valence-electron chi connectivity index (χ2n) is 12.2. The Morgan fingerprint density at radius 1 is 0.867 bits per heavy atom. The van der Waals surface area contributed by atoms with Crippen LogP contribution in [0.5, 0.6) is 11.5 Å². The molecule has 0 radical (unpaired) electrons. The second kappa shape index (κ2) is 15.0. The third-order valence-electron chi connectivity index (χ3n) is 7.43. The summed E-state index contributed by atoms with van der Waals surface area (Å²) in [5, 5.41) is 3.91. The number of aromatic nitrogens is 1. The molecule has 0 spiro atoms. The molecule has 2 aromatic carbocycles. The molecule has 0 aliphatic heterocycles. The molecule has 0 saturated heterocycles. The first-order valence-corrected chi connectivity index (χ1v) is 15.7. The first-order chi connectivity index (χ1) is 21.5. The molecule has 2 atom stereocenters. The van der Waals surface area contributed by atoms with Crippen LogP contribution in [0.15, 0.2) is 66.8 Å². The summed E-state index contributed by atoms with van der Waals surface area (Å²) in [4.78, 5) is 43.2. The zero-order valence-corrected chi connectivity index (χ0v) is 27.1. The lowest BCUT2D eigenvalue weighted by atomic mass is 9.82. The molecule has 4 rings (SSSR count). The van der Waals surface area contributed by atoms with E-state index < -0.39 is 5.60 Å². The maximum Gasteiger partial charge on any atom is 0.306 e. The van der Waals surface area contributed by atoms with Crippen molar-refractivity contribution in [1.82, 2.24) is 4.98 Å². The van der Waals surface area contributed by atoms with Crippen molar-refractivity contribution in [2.24, 2.45) is 5.92 Å². The topological polar surface area (TPSA) is 104 Å². The van der Waals surface area contributed by atoms with Gasteiger partial charge in [0.2, 0.25) is 5.91 Å². The molecule has 8 heteroatoms. The molecule has 1 heterocycles. The van der Waals surface area contributed by atoms with Gasteiger partial charge in [0.25, 0.3) is 0 Å². The summed E-state index contributed by atoms with van der Waals surface area (Å²) in [7, 11) is 0. The van der Waals surface area contributed by atoms with Gasteiger partial charge in [0.05, 0.1) is 18.7 Å². The molecule has 0 saturated carbocycles. The van der Waals surface area contributed by atoms with Crippen LogP contribution in [0.1, 0.15) is 88.2 Å². The summed E-state index contributed by atoms with van der Waals surface area (Å²) in [6, 6.07) is 13.0. The summed E-state index contributed by atoms with van der Waals surface area (Å²) < 4.78 is 16.7.